The molecule has 0 unspecified atom stereocenters. The highest BCUT2D eigenvalue weighted by Crippen LogP contribution is 2.33. The topological polar surface area (TPSA) is 59.3 Å². The summed E-state index contributed by atoms with van der Waals surface area (Å²) in [6, 6.07) is 5.64. The Bertz CT molecular complexity index is 900. The van der Waals surface area contributed by atoms with E-state index in [4.69, 9.17) is 0 Å². The van der Waals surface area contributed by atoms with Gasteiger partial charge in [0.25, 0.3) is 5.91 Å². The smallest absolute Gasteiger partial charge is 0.350 e. The van der Waals surface area contributed by atoms with E-state index in [1.165, 1.54) is 17.4 Å². The molecular weight excluding hydrogens is 353 g/mol. The molecule has 3 heterocycles. The van der Waals surface area contributed by atoms with E-state index in [0.29, 0.717) is 15.9 Å². The molecule has 0 saturated carbocycles. The van der Waals surface area contributed by atoms with Gasteiger partial charge < -0.3 is 5.32 Å². The van der Waals surface area contributed by atoms with E-state index in [9.17, 15) is 18.0 Å². The number of hydrogen-bond acceptors (Lipinski definition) is 4. The van der Waals surface area contributed by atoms with E-state index >= 15 is 0 Å². The number of rotatable bonds is 4. The maximum Gasteiger partial charge on any atom is 0.433 e. The van der Waals surface area contributed by atoms with Crippen molar-refractivity contribution in [1.29, 1.82) is 0 Å². The number of alkyl halides is 3. The van der Waals surface area contributed by atoms with Gasteiger partial charge in [0.1, 0.15) is 0 Å². The Kier molecular flexibility index (Phi) is 4.51. The average Bonchev–Trinajstić information content (AvgIpc) is 3.19. The molecule has 1 N–H and O–H groups in total. The molecular formula is C16H15F3N4OS. The van der Waals surface area contributed by atoms with Gasteiger partial charge in [-0.15, -0.1) is 11.3 Å². The van der Waals surface area contributed by atoms with Crippen LogP contribution in [0.2, 0.25) is 0 Å². The Balaban J connectivity index is 2.09. The molecule has 9 heteroatoms. The summed E-state index contributed by atoms with van der Waals surface area (Å²) >= 11 is 1.29. The predicted molar refractivity (Wildman–Crippen MR) is 88.5 cm³/mol. The van der Waals surface area contributed by atoms with E-state index in [2.05, 4.69) is 15.4 Å². The van der Waals surface area contributed by atoms with Gasteiger partial charge in [-0.3, -0.25) is 4.79 Å². The molecule has 1 amide bonds. The fraction of sp³-hybridized carbons (Fsp3) is 0.312. The number of hydrogen-bond donors (Lipinski definition) is 1. The molecule has 0 fully saturated rings. The molecule has 0 aromatic carbocycles. The van der Waals surface area contributed by atoms with Crippen LogP contribution in [0.3, 0.4) is 0 Å². The second kappa shape index (κ2) is 6.47. The molecule has 25 heavy (non-hydrogen) atoms. The summed E-state index contributed by atoms with van der Waals surface area (Å²) in [6.07, 6.45) is -4.62. The number of aromatic nitrogens is 3. The SMILES string of the molecule is CC(C)CNC(=O)c1cc2nc(-c3cccs3)cc(C(F)(F)F)n2n1. The van der Waals surface area contributed by atoms with Crippen LogP contribution in [-0.4, -0.2) is 27.0 Å². The largest absolute Gasteiger partial charge is 0.433 e. The van der Waals surface area contributed by atoms with Gasteiger partial charge in [0.2, 0.25) is 0 Å². The molecule has 0 saturated heterocycles. The van der Waals surface area contributed by atoms with Crippen molar-refractivity contribution < 1.29 is 18.0 Å². The van der Waals surface area contributed by atoms with Gasteiger partial charge in [0.15, 0.2) is 17.0 Å². The molecule has 0 aliphatic carbocycles. The highest BCUT2D eigenvalue weighted by Gasteiger charge is 2.35. The maximum atomic E-state index is 13.4. The quantitative estimate of drug-likeness (QED) is 0.761. The summed E-state index contributed by atoms with van der Waals surface area (Å²) in [5.74, 6) is -0.305. The van der Waals surface area contributed by atoms with Crippen LogP contribution in [0.25, 0.3) is 16.2 Å². The summed E-state index contributed by atoms with van der Waals surface area (Å²) in [5, 5.41) is 8.20. The monoisotopic (exact) mass is 368 g/mol. The minimum Gasteiger partial charge on any atom is -0.350 e. The third-order valence-electron chi connectivity index (χ3n) is 3.39. The number of halogens is 3. The summed E-state index contributed by atoms with van der Waals surface area (Å²) in [6.45, 7) is 4.24. The first-order valence-electron chi connectivity index (χ1n) is 7.56. The summed E-state index contributed by atoms with van der Waals surface area (Å²) in [5.41, 5.74) is -0.887. The lowest BCUT2D eigenvalue weighted by Crippen LogP contribution is -2.27. The maximum absolute atomic E-state index is 13.4. The third-order valence-corrected chi connectivity index (χ3v) is 4.29. The molecule has 132 valence electrons. The van der Waals surface area contributed by atoms with Crippen molar-refractivity contribution >= 4 is 22.9 Å². The van der Waals surface area contributed by atoms with E-state index in [1.807, 2.05) is 13.8 Å². The minimum absolute atomic E-state index is 0.0204. The molecule has 0 aliphatic heterocycles. The first-order valence-corrected chi connectivity index (χ1v) is 8.44. The van der Waals surface area contributed by atoms with Crippen molar-refractivity contribution in [2.24, 2.45) is 5.92 Å². The lowest BCUT2D eigenvalue weighted by atomic mass is 10.2. The first kappa shape index (κ1) is 17.4. The Morgan fingerprint density at radius 2 is 2.12 bits per heavy atom. The lowest BCUT2D eigenvalue weighted by molar-refractivity contribution is -0.142. The number of amides is 1. The van der Waals surface area contributed by atoms with Gasteiger partial charge in [-0.25, -0.2) is 9.50 Å². The van der Waals surface area contributed by atoms with Crippen LogP contribution in [0.15, 0.2) is 29.6 Å². The number of thiophene rings is 1. The highest BCUT2D eigenvalue weighted by atomic mass is 32.1. The van der Waals surface area contributed by atoms with Crippen LogP contribution in [0.4, 0.5) is 13.2 Å². The van der Waals surface area contributed by atoms with Crippen molar-refractivity contribution in [2.75, 3.05) is 6.54 Å². The first-order chi connectivity index (χ1) is 11.8. The fourth-order valence-electron chi connectivity index (χ4n) is 2.23. The number of carbonyl (C=O) groups is 1. The van der Waals surface area contributed by atoms with Gasteiger partial charge in [-0.1, -0.05) is 19.9 Å². The second-order valence-electron chi connectivity index (χ2n) is 5.91. The van der Waals surface area contributed by atoms with Crippen LogP contribution in [0.1, 0.15) is 30.0 Å². The second-order valence-corrected chi connectivity index (χ2v) is 6.85. The van der Waals surface area contributed by atoms with E-state index in [0.717, 1.165) is 6.07 Å². The van der Waals surface area contributed by atoms with Gasteiger partial charge in [0.05, 0.1) is 10.6 Å². The normalized spacial score (nSPS) is 12.1. The molecule has 0 bridgehead atoms. The number of nitrogens with one attached hydrogen (secondary N) is 1. The van der Waals surface area contributed by atoms with Crippen molar-refractivity contribution in [3.05, 3.63) is 41.0 Å². The summed E-state index contributed by atoms with van der Waals surface area (Å²) < 4.78 is 40.9. The summed E-state index contributed by atoms with van der Waals surface area (Å²) in [4.78, 5) is 16.9. The molecule has 5 nitrogen and oxygen atoms in total. The Labute approximate surface area is 145 Å². The van der Waals surface area contributed by atoms with Crippen molar-refractivity contribution in [3.63, 3.8) is 0 Å². The van der Waals surface area contributed by atoms with Crippen LogP contribution in [-0.2, 0) is 6.18 Å². The zero-order chi connectivity index (χ0) is 18.2. The van der Waals surface area contributed by atoms with Gasteiger partial charge in [-0.05, 0) is 23.4 Å². The molecule has 0 aliphatic rings. The predicted octanol–water partition coefficient (Wildman–Crippen LogP) is 3.86. The molecule has 3 rings (SSSR count). The number of carbonyl (C=O) groups excluding carboxylic acids is 1. The Hall–Kier alpha value is -2.42. The van der Waals surface area contributed by atoms with Crippen LogP contribution < -0.4 is 5.32 Å². The van der Waals surface area contributed by atoms with Crippen LogP contribution >= 0.6 is 11.3 Å². The Morgan fingerprint density at radius 1 is 1.36 bits per heavy atom. The molecule has 3 aromatic rings. The van der Waals surface area contributed by atoms with Gasteiger partial charge >= 0.3 is 6.18 Å². The van der Waals surface area contributed by atoms with Crippen molar-refractivity contribution in [2.45, 2.75) is 20.0 Å². The highest BCUT2D eigenvalue weighted by molar-refractivity contribution is 7.13. The lowest BCUT2D eigenvalue weighted by Gasteiger charge is -2.10. The number of fused-ring (bicyclic) bond motifs is 1. The van der Waals surface area contributed by atoms with E-state index in [-0.39, 0.29) is 23.0 Å². The van der Waals surface area contributed by atoms with E-state index < -0.39 is 17.8 Å². The molecule has 0 radical (unpaired) electrons. The number of nitrogens with zero attached hydrogens (tertiary/aromatic N) is 3. The molecule has 0 atom stereocenters. The van der Waals surface area contributed by atoms with Gasteiger partial charge in [0, 0.05) is 12.6 Å². The standard InChI is InChI=1S/C16H15F3N4OS/c1-9(2)8-20-15(24)11-7-14-21-10(12-4-3-5-25-12)6-13(16(17,18)19)23(14)22-11/h3-7,9H,8H2,1-2H3,(H,20,24). The van der Waals surface area contributed by atoms with Crippen molar-refractivity contribution in [3.8, 4) is 10.6 Å². The Morgan fingerprint density at radius 3 is 2.72 bits per heavy atom. The van der Waals surface area contributed by atoms with Crippen LogP contribution in [0, 0.1) is 5.92 Å². The molecule has 0 spiro atoms. The minimum atomic E-state index is -4.62. The van der Waals surface area contributed by atoms with Crippen molar-refractivity contribution in [1.82, 2.24) is 19.9 Å². The average molecular weight is 368 g/mol. The van der Waals surface area contributed by atoms with Gasteiger partial charge in [-0.2, -0.15) is 18.3 Å². The third kappa shape index (κ3) is 3.65. The zero-order valence-electron chi connectivity index (χ0n) is 13.5. The summed E-state index contributed by atoms with van der Waals surface area (Å²) in [7, 11) is 0. The van der Waals surface area contributed by atoms with E-state index in [1.54, 1.807) is 17.5 Å². The fourth-order valence-corrected chi connectivity index (χ4v) is 2.91. The molecule has 3 aromatic heterocycles. The van der Waals surface area contributed by atoms with Crippen LogP contribution in [0.5, 0.6) is 0 Å². The zero-order valence-corrected chi connectivity index (χ0v) is 14.3.